The van der Waals surface area contributed by atoms with Crippen LogP contribution < -0.4 is 5.73 Å². The van der Waals surface area contributed by atoms with Crippen LogP contribution in [0.15, 0.2) is 23.1 Å². The van der Waals surface area contributed by atoms with Gasteiger partial charge in [-0.15, -0.1) is 11.8 Å². The van der Waals surface area contributed by atoms with E-state index < -0.39 is 11.7 Å². The van der Waals surface area contributed by atoms with E-state index in [1.165, 1.54) is 17.8 Å². The summed E-state index contributed by atoms with van der Waals surface area (Å²) in [6.07, 6.45) is -3.54. The van der Waals surface area contributed by atoms with Crippen molar-refractivity contribution in [3.8, 4) is 0 Å². The Balaban J connectivity index is 2.21. The summed E-state index contributed by atoms with van der Waals surface area (Å²) in [6.45, 7) is 8.04. The monoisotopic (exact) mass is 319 g/mol. The molecule has 1 saturated heterocycles. The molecule has 1 aliphatic rings. The lowest BCUT2D eigenvalue weighted by molar-refractivity contribution is -0.137. The van der Waals surface area contributed by atoms with Gasteiger partial charge in [-0.2, -0.15) is 13.2 Å². The minimum Gasteiger partial charge on any atom is -0.398 e. The zero-order valence-electron chi connectivity index (χ0n) is 12.5. The Morgan fingerprint density at radius 3 is 2.29 bits per heavy atom. The number of benzene rings is 1. The minimum absolute atomic E-state index is 0.145. The maximum atomic E-state index is 12.6. The van der Waals surface area contributed by atoms with Gasteiger partial charge < -0.3 is 10.5 Å². The van der Waals surface area contributed by atoms with Crippen LogP contribution in [0.2, 0.25) is 0 Å². The summed E-state index contributed by atoms with van der Waals surface area (Å²) in [5, 5.41) is 0.145. The molecule has 0 aromatic heterocycles. The van der Waals surface area contributed by atoms with Gasteiger partial charge in [0.05, 0.1) is 16.8 Å². The molecule has 6 heteroatoms. The molecule has 1 atom stereocenters. The fourth-order valence-electron chi connectivity index (χ4n) is 2.68. The van der Waals surface area contributed by atoms with Crippen LogP contribution in [-0.4, -0.2) is 16.5 Å². The van der Waals surface area contributed by atoms with Gasteiger partial charge >= 0.3 is 6.18 Å². The first-order valence-corrected chi connectivity index (χ1v) is 7.62. The molecule has 1 aliphatic heterocycles. The molecule has 0 spiro atoms. The largest absolute Gasteiger partial charge is 0.416 e. The third kappa shape index (κ3) is 3.66. The van der Waals surface area contributed by atoms with E-state index in [-0.39, 0.29) is 22.1 Å². The molecule has 1 heterocycles. The maximum absolute atomic E-state index is 12.6. The molecule has 1 unspecified atom stereocenters. The van der Waals surface area contributed by atoms with Gasteiger partial charge in [-0.25, -0.2) is 0 Å². The number of ether oxygens (including phenoxy) is 1. The fraction of sp³-hybridized carbons (Fsp3) is 0.600. The highest BCUT2D eigenvalue weighted by Crippen LogP contribution is 2.47. The Morgan fingerprint density at radius 2 is 1.86 bits per heavy atom. The molecule has 1 fully saturated rings. The van der Waals surface area contributed by atoms with E-state index in [9.17, 15) is 13.2 Å². The van der Waals surface area contributed by atoms with Gasteiger partial charge in [0, 0.05) is 15.8 Å². The summed E-state index contributed by atoms with van der Waals surface area (Å²) in [5.41, 5.74) is 4.66. The molecule has 0 aliphatic carbocycles. The van der Waals surface area contributed by atoms with E-state index in [1.807, 2.05) is 27.7 Å². The van der Waals surface area contributed by atoms with Gasteiger partial charge in [-0.3, -0.25) is 0 Å². The third-order valence-electron chi connectivity index (χ3n) is 3.60. The molecule has 0 radical (unpaired) electrons. The van der Waals surface area contributed by atoms with Crippen molar-refractivity contribution >= 4 is 17.4 Å². The molecule has 0 amide bonds. The molecule has 1 aromatic carbocycles. The summed E-state index contributed by atoms with van der Waals surface area (Å²) in [6, 6.07) is 3.52. The van der Waals surface area contributed by atoms with Crippen LogP contribution in [0.5, 0.6) is 0 Å². The van der Waals surface area contributed by atoms with Crippen LogP contribution in [-0.2, 0) is 10.9 Å². The second kappa shape index (κ2) is 5.09. The van der Waals surface area contributed by atoms with Crippen molar-refractivity contribution in [2.75, 3.05) is 5.73 Å². The van der Waals surface area contributed by atoms with Crippen molar-refractivity contribution in [2.45, 2.75) is 61.6 Å². The molecule has 21 heavy (non-hydrogen) atoms. The fourth-order valence-corrected chi connectivity index (χ4v) is 4.15. The standard InChI is InChI=1S/C15H20F3NOS/c1-13(2)8-12(14(3,4)20-13)21-11-6-5-9(7-10(11)19)15(16,17)18/h5-7,12H,8,19H2,1-4H3. The first kappa shape index (κ1) is 16.5. The lowest BCUT2D eigenvalue weighted by atomic mass is 10.0. The van der Waals surface area contributed by atoms with E-state index in [0.29, 0.717) is 4.90 Å². The molecule has 1 aromatic rings. The molecule has 2 nitrogen and oxygen atoms in total. The summed E-state index contributed by atoms with van der Waals surface area (Å²) in [5.74, 6) is 0. The van der Waals surface area contributed by atoms with Gasteiger partial charge in [0.25, 0.3) is 0 Å². The topological polar surface area (TPSA) is 35.2 Å². The van der Waals surface area contributed by atoms with Crippen LogP contribution in [0, 0.1) is 0 Å². The van der Waals surface area contributed by atoms with E-state index in [1.54, 1.807) is 0 Å². The number of thioether (sulfide) groups is 1. The molecule has 0 saturated carbocycles. The van der Waals surface area contributed by atoms with Crippen molar-refractivity contribution in [1.29, 1.82) is 0 Å². The lowest BCUT2D eigenvalue weighted by Crippen LogP contribution is -2.31. The van der Waals surface area contributed by atoms with Crippen molar-refractivity contribution in [2.24, 2.45) is 0 Å². The second-order valence-corrected chi connectivity index (χ2v) is 7.77. The lowest BCUT2D eigenvalue weighted by Gasteiger charge is -2.27. The quantitative estimate of drug-likeness (QED) is 0.801. The number of rotatable bonds is 2. The van der Waals surface area contributed by atoms with Gasteiger partial charge in [0.1, 0.15) is 0 Å². The number of anilines is 1. The normalized spacial score (nSPS) is 24.2. The Labute approximate surface area is 127 Å². The van der Waals surface area contributed by atoms with E-state index in [0.717, 1.165) is 18.6 Å². The molecule has 2 N–H and O–H groups in total. The highest BCUT2D eigenvalue weighted by Gasteiger charge is 2.46. The zero-order chi connectivity index (χ0) is 16.1. The van der Waals surface area contributed by atoms with E-state index >= 15 is 0 Å². The summed E-state index contributed by atoms with van der Waals surface area (Å²) < 4.78 is 43.9. The molecule has 0 bridgehead atoms. The van der Waals surface area contributed by atoms with Gasteiger partial charge in [0.2, 0.25) is 0 Å². The molecule has 118 valence electrons. The number of halogens is 3. The summed E-state index contributed by atoms with van der Waals surface area (Å²) in [4.78, 5) is 0.669. The molecular weight excluding hydrogens is 299 g/mol. The highest BCUT2D eigenvalue weighted by atomic mass is 32.2. The Kier molecular flexibility index (Phi) is 4.00. The maximum Gasteiger partial charge on any atom is 0.416 e. The van der Waals surface area contributed by atoms with Crippen molar-refractivity contribution in [1.82, 2.24) is 0 Å². The van der Waals surface area contributed by atoms with Crippen molar-refractivity contribution < 1.29 is 17.9 Å². The predicted molar refractivity (Wildman–Crippen MR) is 79.4 cm³/mol. The van der Waals surface area contributed by atoms with Crippen LogP contribution in [0.4, 0.5) is 18.9 Å². The molecular formula is C15H20F3NOS. The van der Waals surface area contributed by atoms with Gasteiger partial charge in [0.15, 0.2) is 0 Å². The highest BCUT2D eigenvalue weighted by molar-refractivity contribution is 8.00. The Morgan fingerprint density at radius 1 is 1.24 bits per heavy atom. The number of hydrogen-bond acceptors (Lipinski definition) is 3. The third-order valence-corrected chi connectivity index (χ3v) is 5.24. The number of nitrogen functional groups attached to an aromatic ring is 1. The van der Waals surface area contributed by atoms with Crippen molar-refractivity contribution in [3.05, 3.63) is 23.8 Å². The first-order valence-electron chi connectivity index (χ1n) is 6.74. The number of hydrogen-bond donors (Lipinski definition) is 1. The second-order valence-electron chi connectivity index (χ2n) is 6.53. The van der Waals surface area contributed by atoms with Crippen LogP contribution in [0.3, 0.4) is 0 Å². The van der Waals surface area contributed by atoms with Crippen LogP contribution in [0.1, 0.15) is 39.7 Å². The Bertz CT molecular complexity index is 540. The van der Waals surface area contributed by atoms with E-state index in [4.69, 9.17) is 10.5 Å². The average Bonchev–Trinajstić information content (AvgIpc) is 2.48. The summed E-state index contributed by atoms with van der Waals surface area (Å²) in [7, 11) is 0. The smallest absolute Gasteiger partial charge is 0.398 e. The Hall–Kier alpha value is -0.880. The zero-order valence-corrected chi connectivity index (χ0v) is 13.4. The summed E-state index contributed by atoms with van der Waals surface area (Å²) >= 11 is 1.49. The molecule has 2 rings (SSSR count). The van der Waals surface area contributed by atoms with Crippen molar-refractivity contribution in [3.63, 3.8) is 0 Å². The van der Waals surface area contributed by atoms with Gasteiger partial charge in [-0.1, -0.05) is 0 Å². The first-order chi connectivity index (χ1) is 9.41. The van der Waals surface area contributed by atoms with Gasteiger partial charge in [-0.05, 0) is 52.3 Å². The van der Waals surface area contributed by atoms with Crippen LogP contribution in [0.25, 0.3) is 0 Å². The number of alkyl halides is 3. The SMILES string of the molecule is CC1(C)CC(Sc2ccc(C(F)(F)F)cc2N)C(C)(C)O1. The number of nitrogens with two attached hydrogens (primary N) is 1. The van der Waals surface area contributed by atoms with Crippen LogP contribution >= 0.6 is 11.8 Å². The van der Waals surface area contributed by atoms with E-state index in [2.05, 4.69) is 0 Å². The predicted octanol–water partition coefficient (Wildman–Crippen LogP) is 4.73. The average molecular weight is 319 g/mol. The minimum atomic E-state index is -4.37.